The lowest BCUT2D eigenvalue weighted by atomic mass is 9.96. The van der Waals surface area contributed by atoms with Crippen LogP contribution in [-0.2, 0) is 0 Å². The van der Waals surface area contributed by atoms with Crippen LogP contribution in [0.15, 0.2) is 6.07 Å². The molecular formula is C15H23NO. The van der Waals surface area contributed by atoms with Gasteiger partial charge in [0, 0.05) is 23.0 Å². The number of aldehydes is 1. The van der Waals surface area contributed by atoms with E-state index in [9.17, 15) is 4.79 Å². The van der Waals surface area contributed by atoms with Crippen LogP contribution in [0.3, 0.4) is 0 Å². The third kappa shape index (κ3) is 2.62. The lowest BCUT2D eigenvalue weighted by Gasteiger charge is -2.24. The van der Waals surface area contributed by atoms with E-state index < -0.39 is 0 Å². The molecule has 2 rings (SSSR count). The highest BCUT2D eigenvalue weighted by molar-refractivity contribution is 5.77. The molecule has 1 aliphatic rings. The molecule has 0 aromatic carbocycles. The molecule has 0 atom stereocenters. The van der Waals surface area contributed by atoms with Gasteiger partial charge in [-0.3, -0.25) is 4.79 Å². The number of carbonyl (C=O) groups is 1. The molecule has 2 nitrogen and oxygen atoms in total. The van der Waals surface area contributed by atoms with Crippen molar-refractivity contribution in [3.8, 4) is 0 Å². The molecule has 1 aliphatic carbocycles. The predicted octanol–water partition coefficient (Wildman–Crippen LogP) is 4.20. The van der Waals surface area contributed by atoms with Crippen molar-refractivity contribution in [3.05, 3.63) is 23.0 Å². The molecule has 1 heterocycles. The van der Waals surface area contributed by atoms with Crippen molar-refractivity contribution in [2.75, 3.05) is 0 Å². The van der Waals surface area contributed by atoms with Crippen LogP contribution in [0.4, 0.5) is 0 Å². The molecule has 0 amide bonds. The summed E-state index contributed by atoms with van der Waals surface area (Å²) in [6.45, 7) is 4.20. The van der Waals surface area contributed by atoms with E-state index in [-0.39, 0.29) is 0 Å². The smallest absolute Gasteiger partial charge is 0.151 e. The van der Waals surface area contributed by atoms with E-state index in [4.69, 9.17) is 0 Å². The lowest BCUT2D eigenvalue weighted by molar-refractivity contribution is 0.112. The number of hydrogen-bond acceptors (Lipinski definition) is 1. The fraction of sp³-hybridized carbons (Fsp3) is 0.667. The zero-order valence-electron chi connectivity index (χ0n) is 11.0. The molecule has 0 radical (unpaired) electrons. The number of nitrogens with zero attached hydrogens (tertiary/aromatic N) is 1. The number of rotatable bonds is 2. The zero-order valence-corrected chi connectivity index (χ0v) is 11.0. The average Bonchev–Trinajstić information content (AvgIpc) is 2.55. The molecule has 0 aliphatic heterocycles. The van der Waals surface area contributed by atoms with Gasteiger partial charge in [0.15, 0.2) is 6.29 Å². The van der Waals surface area contributed by atoms with Crippen LogP contribution in [0.5, 0.6) is 0 Å². The topological polar surface area (TPSA) is 22.0 Å². The van der Waals surface area contributed by atoms with Gasteiger partial charge in [-0.15, -0.1) is 0 Å². The molecule has 17 heavy (non-hydrogen) atoms. The highest BCUT2D eigenvalue weighted by Crippen LogP contribution is 2.30. The molecule has 0 spiro atoms. The zero-order chi connectivity index (χ0) is 12.3. The van der Waals surface area contributed by atoms with Gasteiger partial charge in [0.1, 0.15) is 0 Å². The van der Waals surface area contributed by atoms with Crippen molar-refractivity contribution < 1.29 is 4.79 Å². The van der Waals surface area contributed by atoms with Crippen LogP contribution in [0, 0.1) is 13.8 Å². The van der Waals surface area contributed by atoms with Crippen LogP contribution in [0.2, 0.25) is 0 Å². The lowest BCUT2D eigenvalue weighted by Crippen LogP contribution is -2.13. The Morgan fingerprint density at radius 2 is 1.71 bits per heavy atom. The Kier molecular flexibility index (Phi) is 4.03. The summed E-state index contributed by atoms with van der Waals surface area (Å²) in [7, 11) is 0. The third-order valence-electron chi connectivity index (χ3n) is 4.09. The summed E-state index contributed by atoms with van der Waals surface area (Å²) in [5.41, 5.74) is 3.27. The Labute approximate surface area is 104 Å². The van der Waals surface area contributed by atoms with Gasteiger partial charge in [0.25, 0.3) is 0 Å². The minimum Gasteiger partial charge on any atom is -0.345 e. The van der Waals surface area contributed by atoms with Crippen LogP contribution in [-0.4, -0.2) is 10.9 Å². The highest BCUT2D eigenvalue weighted by atomic mass is 16.1. The van der Waals surface area contributed by atoms with Gasteiger partial charge in [0.05, 0.1) is 0 Å². The molecule has 1 fully saturated rings. The summed E-state index contributed by atoms with van der Waals surface area (Å²) in [5, 5.41) is 0. The van der Waals surface area contributed by atoms with Gasteiger partial charge in [0.2, 0.25) is 0 Å². The van der Waals surface area contributed by atoms with Crippen molar-refractivity contribution in [2.24, 2.45) is 0 Å². The Balaban J connectivity index is 2.24. The fourth-order valence-electron chi connectivity index (χ4n) is 3.18. The first-order chi connectivity index (χ1) is 8.24. The second-order valence-corrected chi connectivity index (χ2v) is 5.31. The summed E-state index contributed by atoms with van der Waals surface area (Å²) < 4.78 is 2.40. The third-order valence-corrected chi connectivity index (χ3v) is 4.09. The Morgan fingerprint density at radius 3 is 2.24 bits per heavy atom. The Hall–Kier alpha value is -1.05. The van der Waals surface area contributed by atoms with E-state index in [2.05, 4.69) is 18.4 Å². The highest BCUT2D eigenvalue weighted by Gasteiger charge is 2.18. The average molecular weight is 233 g/mol. The van der Waals surface area contributed by atoms with E-state index in [0.29, 0.717) is 6.04 Å². The number of hydrogen-bond donors (Lipinski definition) is 0. The van der Waals surface area contributed by atoms with Gasteiger partial charge in [-0.2, -0.15) is 0 Å². The summed E-state index contributed by atoms with van der Waals surface area (Å²) in [5.74, 6) is 0. The van der Waals surface area contributed by atoms with Gasteiger partial charge >= 0.3 is 0 Å². The van der Waals surface area contributed by atoms with Crippen molar-refractivity contribution in [1.82, 2.24) is 4.57 Å². The van der Waals surface area contributed by atoms with Crippen LogP contribution < -0.4 is 0 Å². The van der Waals surface area contributed by atoms with E-state index >= 15 is 0 Å². The van der Waals surface area contributed by atoms with Crippen molar-refractivity contribution in [3.63, 3.8) is 0 Å². The Bertz CT molecular complexity index is 384. The van der Waals surface area contributed by atoms with E-state index in [1.165, 1.54) is 50.6 Å². The first-order valence-corrected chi connectivity index (χ1v) is 6.87. The van der Waals surface area contributed by atoms with Gasteiger partial charge in [-0.25, -0.2) is 0 Å². The molecular weight excluding hydrogens is 210 g/mol. The number of carbonyl (C=O) groups excluding carboxylic acids is 1. The normalized spacial score (nSPS) is 18.7. The molecule has 0 saturated heterocycles. The molecule has 0 unspecified atom stereocenters. The monoisotopic (exact) mass is 233 g/mol. The quantitative estimate of drug-likeness (QED) is 0.702. The molecule has 1 aromatic rings. The molecule has 2 heteroatoms. The van der Waals surface area contributed by atoms with E-state index in [1.54, 1.807) is 0 Å². The van der Waals surface area contributed by atoms with Crippen LogP contribution in [0.25, 0.3) is 0 Å². The van der Waals surface area contributed by atoms with Crippen molar-refractivity contribution >= 4 is 6.29 Å². The summed E-state index contributed by atoms with van der Waals surface area (Å²) in [4.78, 5) is 11.0. The minimum absolute atomic E-state index is 0.615. The molecule has 0 N–H and O–H groups in total. The maximum absolute atomic E-state index is 11.0. The number of aromatic nitrogens is 1. The van der Waals surface area contributed by atoms with Crippen molar-refractivity contribution in [1.29, 1.82) is 0 Å². The minimum atomic E-state index is 0.615. The molecule has 1 aromatic heterocycles. The number of aryl methyl sites for hydroxylation is 1. The van der Waals surface area contributed by atoms with E-state index in [0.717, 1.165) is 17.5 Å². The first-order valence-electron chi connectivity index (χ1n) is 6.87. The molecule has 1 saturated carbocycles. The van der Waals surface area contributed by atoms with E-state index in [1.807, 2.05) is 6.07 Å². The van der Waals surface area contributed by atoms with Gasteiger partial charge in [-0.1, -0.05) is 32.1 Å². The summed E-state index contributed by atoms with van der Waals surface area (Å²) in [6.07, 6.45) is 10.3. The fourth-order valence-corrected chi connectivity index (χ4v) is 3.18. The van der Waals surface area contributed by atoms with Gasteiger partial charge < -0.3 is 4.57 Å². The van der Waals surface area contributed by atoms with Gasteiger partial charge in [-0.05, 0) is 32.8 Å². The summed E-state index contributed by atoms with van der Waals surface area (Å²) in [6, 6.07) is 2.64. The second-order valence-electron chi connectivity index (χ2n) is 5.31. The van der Waals surface area contributed by atoms with Crippen LogP contribution >= 0.6 is 0 Å². The summed E-state index contributed by atoms with van der Waals surface area (Å²) >= 11 is 0. The van der Waals surface area contributed by atoms with Crippen LogP contribution in [0.1, 0.15) is 72.7 Å². The van der Waals surface area contributed by atoms with Crippen molar-refractivity contribution in [2.45, 2.75) is 64.8 Å². The maximum Gasteiger partial charge on any atom is 0.151 e. The SMILES string of the molecule is Cc1cc(C=O)c(C)n1C1CCCCCCC1. The molecule has 94 valence electrons. The first kappa shape index (κ1) is 12.4. The largest absolute Gasteiger partial charge is 0.345 e. The standard InChI is InChI=1S/C15H23NO/c1-12-10-14(11-17)13(2)16(12)15-8-6-4-3-5-7-9-15/h10-11,15H,3-9H2,1-2H3. The Morgan fingerprint density at radius 1 is 1.12 bits per heavy atom. The maximum atomic E-state index is 11.0. The predicted molar refractivity (Wildman–Crippen MR) is 70.6 cm³/mol. The second kappa shape index (κ2) is 5.52. The molecule has 0 bridgehead atoms.